The van der Waals surface area contributed by atoms with E-state index in [1.165, 1.54) is 48.3 Å². The maximum Gasteiger partial charge on any atom is 0.333 e. The summed E-state index contributed by atoms with van der Waals surface area (Å²) >= 11 is 0. The molecule has 3 rings (SSSR count). The van der Waals surface area contributed by atoms with Crippen molar-refractivity contribution in [2.24, 2.45) is 10.1 Å². The normalized spacial score (nSPS) is 19.3. The number of hydrogen-bond acceptors (Lipinski definition) is 7. The Hall–Kier alpha value is -3.76. The molecule has 1 aromatic carbocycles. The Kier molecular flexibility index (Phi) is 4.59. The van der Waals surface area contributed by atoms with Crippen LogP contribution in [-0.2, 0) is 9.59 Å². The molecule has 4 amide bonds. The average Bonchev–Trinajstić information content (AvgIpc) is 3.03. The second-order valence-electron chi connectivity index (χ2n) is 5.95. The van der Waals surface area contributed by atoms with Gasteiger partial charge in [-0.15, -0.1) is 0 Å². The highest BCUT2D eigenvalue weighted by molar-refractivity contribution is 6.21. The number of hydrazone groups is 1. The van der Waals surface area contributed by atoms with Crippen LogP contribution in [0.25, 0.3) is 0 Å². The van der Waals surface area contributed by atoms with Crippen molar-refractivity contribution < 1.29 is 29.2 Å². The van der Waals surface area contributed by atoms with E-state index >= 15 is 0 Å². The number of aromatic hydroxyl groups is 2. The standard InChI is InChI=1S/C16H16N6O5/c1-20-14-13(15(26)21(2)16(20)27)22(8-17-14)7-12(25)19-18-6-9-3-4-10(23)5-11(9)24/h3-6,8,13H,7H2,1-2H3,(H2-,18,19,23,24,25)/p+1. The molecule has 3 N–H and O–H groups in total. The van der Waals surface area contributed by atoms with Gasteiger partial charge in [-0.3, -0.25) is 19.4 Å². The number of rotatable bonds is 4. The van der Waals surface area contributed by atoms with Crippen LogP contribution in [-0.4, -0.2) is 87.5 Å². The van der Waals surface area contributed by atoms with E-state index in [1.54, 1.807) is 0 Å². The first-order chi connectivity index (χ1) is 12.8. The van der Waals surface area contributed by atoms with Gasteiger partial charge in [-0.05, 0) is 17.1 Å². The number of phenols is 2. The van der Waals surface area contributed by atoms with Gasteiger partial charge in [0, 0.05) is 25.7 Å². The monoisotopic (exact) mass is 373 g/mol. The van der Waals surface area contributed by atoms with E-state index in [1.807, 2.05) is 0 Å². The summed E-state index contributed by atoms with van der Waals surface area (Å²) in [5, 5.41) is 22.6. The quantitative estimate of drug-likeness (QED) is 0.349. The van der Waals surface area contributed by atoms with E-state index in [9.17, 15) is 24.6 Å². The third kappa shape index (κ3) is 3.34. The largest absolute Gasteiger partial charge is 0.508 e. The van der Waals surface area contributed by atoms with Crippen LogP contribution in [0.4, 0.5) is 4.79 Å². The molecule has 0 radical (unpaired) electrons. The lowest BCUT2D eigenvalue weighted by Gasteiger charge is -2.30. The van der Waals surface area contributed by atoms with Crippen molar-refractivity contribution in [3.63, 3.8) is 0 Å². The van der Waals surface area contributed by atoms with Crippen molar-refractivity contribution in [2.45, 2.75) is 6.04 Å². The number of carbonyl (C=O) groups is 3. The van der Waals surface area contributed by atoms with Gasteiger partial charge in [0.05, 0.1) is 6.21 Å². The molecule has 2 aliphatic rings. The zero-order chi connectivity index (χ0) is 19.7. The van der Waals surface area contributed by atoms with Crippen LogP contribution in [0, 0.1) is 0 Å². The SMILES string of the molecule is CN1C(=O)C2C(=NC=[N+]2CC(=O)N/N=C/c2ccc(O)cc2O)N(C)C1=O. The van der Waals surface area contributed by atoms with Gasteiger partial charge in [-0.25, -0.2) is 14.8 Å². The maximum atomic E-state index is 12.3. The number of benzene rings is 1. The molecule has 11 nitrogen and oxygen atoms in total. The molecule has 27 heavy (non-hydrogen) atoms. The van der Waals surface area contributed by atoms with Crippen LogP contribution in [0.1, 0.15) is 5.56 Å². The molecular weight excluding hydrogens is 356 g/mol. The summed E-state index contributed by atoms with van der Waals surface area (Å²) in [7, 11) is 2.87. The van der Waals surface area contributed by atoms with E-state index in [0.717, 1.165) is 11.0 Å². The molecular formula is C16H17N6O5+. The minimum atomic E-state index is -0.853. The number of amidine groups is 1. The third-order valence-corrected chi connectivity index (χ3v) is 4.13. The van der Waals surface area contributed by atoms with E-state index in [2.05, 4.69) is 15.5 Å². The highest BCUT2D eigenvalue weighted by Crippen LogP contribution is 2.20. The van der Waals surface area contributed by atoms with Gasteiger partial charge in [0.2, 0.25) is 0 Å². The second kappa shape index (κ2) is 6.86. The number of nitrogens with zero attached hydrogens (tertiary/aromatic N) is 5. The van der Waals surface area contributed by atoms with Gasteiger partial charge in [0.1, 0.15) is 11.5 Å². The Morgan fingerprint density at radius 2 is 2.07 bits per heavy atom. The maximum absolute atomic E-state index is 12.3. The molecule has 2 aliphatic heterocycles. The summed E-state index contributed by atoms with van der Waals surface area (Å²) < 4.78 is 1.40. The lowest BCUT2D eigenvalue weighted by atomic mass is 10.1. The Morgan fingerprint density at radius 3 is 2.78 bits per heavy atom. The van der Waals surface area contributed by atoms with Gasteiger partial charge in [-0.1, -0.05) is 0 Å². The Balaban J connectivity index is 1.63. The number of carbonyl (C=O) groups excluding carboxylic acids is 3. The van der Waals surface area contributed by atoms with Gasteiger partial charge in [-0.2, -0.15) is 5.10 Å². The summed E-state index contributed by atoms with van der Waals surface area (Å²) in [6.07, 6.45) is 2.55. The van der Waals surface area contributed by atoms with Crippen LogP contribution in [0.5, 0.6) is 11.5 Å². The molecule has 2 heterocycles. The molecule has 1 fully saturated rings. The first-order valence-corrected chi connectivity index (χ1v) is 7.85. The lowest BCUT2D eigenvalue weighted by molar-refractivity contribution is -0.519. The van der Waals surface area contributed by atoms with Crippen molar-refractivity contribution >= 4 is 36.2 Å². The molecule has 140 valence electrons. The summed E-state index contributed by atoms with van der Waals surface area (Å²) in [5.41, 5.74) is 2.58. The van der Waals surface area contributed by atoms with Gasteiger partial charge in [0.15, 0.2) is 6.54 Å². The minimum absolute atomic E-state index is 0.0976. The summed E-state index contributed by atoms with van der Waals surface area (Å²) in [6.45, 7) is -0.210. The Bertz CT molecular complexity index is 922. The van der Waals surface area contributed by atoms with E-state index in [-0.39, 0.29) is 23.9 Å². The molecule has 1 unspecified atom stereocenters. The van der Waals surface area contributed by atoms with Crippen molar-refractivity contribution in [3.8, 4) is 11.5 Å². The van der Waals surface area contributed by atoms with Crippen LogP contribution in [0.15, 0.2) is 28.3 Å². The summed E-state index contributed by atoms with van der Waals surface area (Å²) in [6, 6.07) is 2.59. The van der Waals surface area contributed by atoms with Crippen LogP contribution >= 0.6 is 0 Å². The van der Waals surface area contributed by atoms with Gasteiger partial charge >= 0.3 is 6.03 Å². The van der Waals surface area contributed by atoms with Gasteiger partial charge < -0.3 is 10.2 Å². The summed E-state index contributed by atoms with van der Waals surface area (Å²) in [4.78, 5) is 42.6. The number of amides is 4. The summed E-state index contributed by atoms with van der Waals surface area (Å²) in [5.74, 6) is -1.03. The molecule has 1 saturated heterocycles. The molecule has 1 atom stereocenters. The number of hydrogen-bond donors (Lipinski definition) is 3. The molecule has 0 aliphatic carbocycles. The first-order valence-electron chi connectivity index (χ1n) is 7.85. The highest BCUT2D eigenvalue weighted by Gasteiger charge is 2.50. The average molecular weight is 373 g/mol. The van der Waals surface area contributed by atoms with Crippen LogP contribution in [0.3, 0.4) is 0 Å². The van der Waals surface area contributed by atoms with Crippen molar-refractivity contribution in [2.75, 3.05) is 20.6 Å². The smallest absolute Gasteiger partial charge is 0.333 e. The zero-order valence-electron chi connectivity index (χ0n) is 14.5. The van der Waals surface area contributed by atoms with Crippen LogP contribution in [0.2, 0.25) is 0 Å². The third-order valence-electron chi connectivity index (χ3n) is 4.13. The first kappa shape index (κ1) is 18.0. The van der Waals surface area contributed by atoms with Crippen molar-refractivity contribution in [1.29, 1.82) is 0 Å². The van der Waals surface area contributed by atoms with Crippen LogP contribution < -0.4 is 5.43 Å². The molecule has 0 aromatic heterocycles. The molecule has 11 heteroatoms. The van der Waals surface area contributed by atoms with E-state index in [4.69, 9.17) is 0 Å². The lowest BCUT2D eigenvalue weighted by Crippen LogP contribution is -2.61. The highest BCUT2D eigenvalue weighted by atomic mass is 16.3. The molecule has 0 saturated carbocycles. The topological polar surface area (TPSA) is 138 Å². The van der Waals surface area contributed by atoms with Gasteiger partial charge in [0.25, 0.3) is 30.0 Å². The molecule has 0 spiro atoms. The number of fused-ring (bicyclic) bond motifs is 1. The number of urea groups is 1. The van der Waals surface area contributed by atoms with E-state index < -0.39 is 23.9 Å². The fraction of sp³-hybridized carbons (Fsp3) is 0.250. The predicted molar refractivity (Wildman–Crippen MR) is 93.9 cm³/mol. The number of nitrogens with one attached hydrogen (secondary N) is 1. The fourth-order valence-electron chi connectivity index (χ4n) is 2.69. The fourth-order valence-corrected chi connectivity index (χ4v) is 2.69. The Morgan fingerprint density at radius 1 is 1.33 bits per heavy atom. The van der Waals surface area contributed by atoms with Crippen molar-refractivity contribution in [3.05, 3.63) is 23.8 Å². The number of likely N-dealkylation sites (N-methyl/N-ethyl adjacent to an activating group) is 2. The van der Waals surface area contributed by atoms with Crippen molar-refractivity contribution in [1.82, 2.24) is 15.2 Å². The van der Waals surface area contributed by atoms with E-state index in [0.29, 0.717) is 5.56 Å². The molecule has 0 bridgehead atoms. The minimum Gasteiger partial charge on any atom is -0.508 e. The second-order valence-corrected chi connectivity index (χ2v) is 5.95. The number of imide groups is 1. The number of aliphatic imine (C=N–C) groups is 1. The Labute approximate surface area is 153 Å². The zero-order valence-corrected chi connectivity index (χ0v) is 14.5. The number of phenolic OH excluding ortho intramolecular Hbond substituents is 2. The molecule has 1 aromatic rings. The predicted octanol–water partition coefficient (Wildman–Crippen LogP) is -1.11.